The van der Waals surface area contributed by atoms with Gasteiger partial charge in [0.1, 0.15) is 18.0 Å². The molecule has 0 aliphatic heterocycles. The SMILES string of the molecule is CC1CC[C@@H](C)[C@H](F)[C@H](Oc2ccc(-c3cc4c(=O)n(C)ccc4cc3O)nn2)C1. The molecule has 1 unspecified atom stereocenters. The predicted molar refractivity (Wildman–Crippen MR) is 113 cm³/mol. The monoisotopic (exact) mass is 411 g/mol. The van der Waals surface area contributed by atoms with Gasteiger partial charge in [-0.2, -0.15) is 0 Å². The molecule has 1 aliphatic rings. The molecule has 0 amide bonds. The first kappa shape index (κ1) is 20.3. The summed E-state index contributed by atoms with van der Waals surface area (Å²) in [6.45, 7) is 4.03. The quantitative estimate of drug-likeness (QED) is 0.652. The lowest BCUT2D eigenvalue weighted by Crippen LogP contribution is -2.32. The molecular formula is C23H26FN3O3. The van der Waals surface area contributed by atoms with Crippen molar-refractivity contribution in [2.45, 2.75) is 45.4 Å². The highest BCUT2D eigenvalue weighted by atomic mass is 19.1. The van der Waals surface area contributed by atoms with Gasteiger partial charge in [0.2, 0.25) is 5.88 Å². The van der Waals surface area contributed by atoms with Gasteiger partial charge in [-0.1, -0.05) is 20.3 Å². The van der Waals surface area contributed by atoms with Crippen LogP contribution in [-0.2, 0) is 7.05 Å². The van der Waals surface area contributed by atoms with Gasteiger partial charge in [-0.3, -0.25) is 4.79 Å². The van der Waals surface area contributed by atoms with Gasteiger partial charge in [0.05, 0.1) is 5.69 Å². The Hall–Kier alpha value is -2.96. The van der Waals surface area contributed by atoms with E-state index < -0.39 is 12.3 Å². The summed E-state index contributed by atoms with van der Waals surface area (Å²) < 4.78 is 22.1. The minimum atomic E-state index is -1.04. The number of halogens is 1. The van der Waals surface area contributed by atoms with Crippen molar-refractivity contribution in [3.63, 3.8) is 0 Å². The third-order valence-corrected chi connectivity index (χ3v) is 6.03. The van der Waals surface area contributed by atoms with E-state index in [4.69, 9.17) is 4.74 Å². The molecule has 4 rings (SSSR count). The molecule has 4 atom stereocenters. The number of hydrogen-bond acceptors (Lipinski definition) is 5. The van der Waals surface area contributed by atoms with Crippen molar-refractivity contribution >= 4 is 10.8 Å². The van der Waals surface area contributed by atoms with Crippen LogP contribution in [0.3, 0.4) is 0 Å². The maximum atomic E-state index is 14.7. The fraction of sp³-hybridized carbons (Fsp3) is 0.435. The molecule has 1 aromatic carbocycles. The van der Waals surface area contributed by atoms with E-state index in [-0.39, 0.29) is 23.1 Å². The summed E-state index contributed by atoms with van der Waals surface area (Å²) in [6, 6.07) is 8.21. The Balaban J connectivity index is 1.61. The number of aromatic nitrogens is 3. The summed E-state index contributed by atoms with van der Waals surface area (Å²) in [5.74, 6) is 0.602. The van der Waals surface area contributed by atoms with Gasteiger partial charge < -0.3 is 14.4 Å². The Morgan fingerprint density at radius 2 is 1.97 bits per heavy atom. The number of alkyl halides is 1. The summed E-state index contributed by atoms with van der Waals surface area (Å²) in [5.41, 5.74) is 0.657. The van der Waals surface area contributed by atoms with Crippen molar-refractivity contribution in [1.82, 2.24) is 14.8 Å². The van der Waals surface area contributed by atoms with E-state index in [1.807, 2.05) is 6.92 Å². The van der Waals surface area contributed by atoms with Gasteiger partial charge in [-0.15, -0.1) is 10.2 Å². The molecule has 0 bridgehead atoms. The Labute approximate surface area is 174 Å². The molecule has 158 valence electrons. The fourth-order valence-electron chi connectivity index (χ4n) is 4.09. The van der Waals surface area contributed by atoms with Crippen LogP contribution in [0.1, 0.15) is 33.1 Å². The van der Waals surface area contributed by atoms with Crippen LogP contribution in [0.2, 0.25) is 0 Å². The summed E-state index contributed by atoms with van der Waals surface area (Å²) in [7, 11) is 1.67. The second kappa shape index (κ2) is 8.05. The maximum absolute atomic E-state index is 14.7. The minimum Gasteiger partial charge on any atom is -0.507 e. The number of phenols is 1. The summed E-state index contributed by atoms with van der Waals surface area (Å²) in [4.78, 5) is 12.4. The molecule has 0 spiro atoms. The van der Waals surface area contributed by atoms with E-state index >= 15 is 0 Å². The van der Waals surface area contributed by atoms with Gasteiger partial charge in [-0.25, -0.2) is 4.39 Å². The number of hydrogen-bond donors (Lipinski definition) is 1. The first-order valence-corrected chi connectivity index (χ1v) is 10.3. The van der Waals surface area contributed by atoms with E-state index in [1.54, 1.807) is 43.6 Å². The Morgan fingerprint density at radius 1 is 1.17 bits per heavy atom. The Morgan fingerprint density at radius 3 is 2.70 bits per heavy atom. The largest absolute Gasteiger partial charge is 0.507 e. The van der Waals surface area contributed by atoms with Gasteiger partial charge in [0.15, 0.2) is 0 Å². The molecule has 2 heterocycles. The van der Waals surface area contributed by atoms with Crippen molar-refractivity contribution in [3.05, 3.63) is 46.9 Å². The number of fused-ring (bicyclic) bond motifs is 1. The highest BCUT2D eigenvalue weighted by molar-refractivity contribution is 5.89. The number of benzene rings is 1. The lowest BCUT2D eigenvalue weighted by molar-refractivity contribution is 0.0584. The Bertz CT molecular complexity index is 1110. The van der Waals surface area contributed by atoms with Gasteiger partial charge in [-0.05, 0) is 54.3 Å². The van der Waals surface area contributed by atoms with Crippen LogP contribution in [0.25, 0.3) is 22.0 Å². The Kier molecular flexibility index (Phi) is 5.45. The molecule has 2 aromatic heterocycles. The molecule has 6 nitrogen and oxygen atoms in total. The van der Waals surface area contributed by atoms with Crippen molar-refractivity contribution in [2.24, 2.45) is 18.9 Å². The van der Waals surface area contributed by atoms with Gasteiger partial charge >= 0.3 is 0 Å². The molecular weight excluding hydrogens is 385 g/mol. The van der Waals surface area contributed by atoms with E-state index in [0.29, 0.717) is 34.4 Å². The minimum absolute atomic E-state index is 0.00830. The lowest BCUT2D eigenvalue weighted by atomic mass is 9.99. The third kappa shape index (κ3) is 3.88. The number of nitrogens with zero attached hydrogens (tertiary/aromatic N) is 3. The summed E-state index contributed by atoms with van der Waals surface area (Å²) >= 11 is 0. The van der Waals surface area contributed by atoms with Crippen LogP contribution in [0.15, 0.2) is 41.3 Å². The molecule has 0 radical (unpaired) electrons. The lowest BCUT2D eigenvalue weighted by Gasteiger charge is -2.23. The predicted octanol–water partition coefficient (Wildman–Crippen LogP) is 4.24. The molecule has 0 saturated heterocycles. The van der Waals surface area contributed by atoms with E-state index in [0.717, 1.165) is 12.8 Å². The molecule has 1 fully saturated rings. The zero-order valence-electron chi connectivity index (χ0n) is 17.4. The van der Waals surface area contributed by atoms with Gasteiger partial charge in [0, 0.05) is 30.3 Å². The molecule has 3 aromatic rings. The summed E-state index contributed by atoms with van der Waals surface area (Å²) in [5, 5.41) is 19.8. The average molecular weight is 411 g/mol. The third-order valence-electron chi connectivity index (χ3n) is 6.03. The molecule has 1 N–H and O–H groups in total. The maximum Gasteiger partial charge on any atom is 0.258 e. The standard InChI is InChI=1S/C23H26FN3O3/c1-13-4-5-14(2)22(24)20(10-13)30-21-7-6-18(25-26-21)17-12-16-15(11-19(17)28)8-9-27(3)23(16)29/h6-9,11-14,20,22,28H,4-5,10H2,1-3H3/t13?,14-,20-,22+/m1/s1. The fourth-order valence-corrected chi connectivity index (χ4v) is 4.09. The number of aromatic hydroxyl groups is 1. The van der Waals surface area contributed by atoms with E-state index in [1.165, 1.54) is 4.57 Å². The second-order valence-corrected chi connectivity index (χ2v) is 8.44. The van der Waals surface area contributed by atoms with Gasteiger partial charge in [0.25, 0.3) is 5.56 Å². The van der Waals surface area contributed by atoms with Crippen LogP contribution < -0.4 is 10.3 Å². The second-order valence-electron chi connectivity index (χ2n) is 8.44. The number of aryl methyl sites for hydroxylation is 1. The van der Waals surface area contributed by atoms with E-state index in [9.17, 15) is 14.3 Å². The molecule has 7 heteroatoms. The van der Waals surface area contributed by atoms with Crippen molar-refractivity contribution in [2.75, 3.05) is 0 Å². The van der Waals surface area contributed by atoms with E-state index in [2.05, 4.69) is 17.1 Å². The zero-order chi connectivity index (χ0) is 21.4. The first-order valence-electron chi connectivity index (χ1n) is 10.3. The number of phenolic OH excluding ortho intramolecular Hbond substituents is 1. The highest BCUT2D eigenvalue weighted by Crippen LogP contribution is 2.33. The van der Waals surface area contributed by atoms with Crippen LogP contribution in [-0.4, -0.2) is 32.1 Å². The molecule has 30 heavy (non-hydrogen) atoms. The van der Waals surface area contributed by atoms with Crippen LogP contribution in [0.4, 0.5) is 4.39 Å². The number of ether oxygens (including phenoxy) is 1. The van der Waals surface area contributed by atoms with Crippen molar-refractivity contribution in [3.8, 4) is 22.9 Å². The summed E-state index contributed by atoms with van der Waals surface area (Å²) in [6.07, 6.45) is 2.56. The molecule has 1 aliphatic carbocycles. The topological polar surface area (TPSA) is 77.2 Å². The number of pyridine rings is 1. The van der Waals surface area contributed by atoms with Crippen molar-refractivity contribution in [1.29, 1.82) is 0 Å². The highest BCUT2D eigenvalue weighted by Gasteiger charge is 2.33. The van der Waals surface area contributed by atoms with Crippen LogP contribution >= 0.6 is 0 Å². The van der Waals surface area contributed by atoms with Crippen LogP contribution in [0.5, 0.6) is 11.6 Å². The first-order chi connectivity index (χ1) is 14.3. The average Bonchev–Trinajstić information content (AvgIpc) is 2.85. The normalized spacial score (nSPS) is 24.5. The van der Waals surface area contributed by atoms with Crippen molar-refractivity contribution < 1.29 is 14.2 Å². The van der Waals surface area contributed by atoms with Crippen LogP contribution in [0, 0.1) is 11.8 Å². The zero-order valence-corrected chi connectivity index (χ0v) is 17.4. The number of rotatable bonds is 3. The smallest absolute Gasteiger partial charge is 0.258 e. The molecule has 1 saturated carbocycles.